The van der Waals surface area contributed by atoms with E-state index in [-0.39, 0.29) is 45.9 Å². The average molecular weight is 852 g/mol. The molecule has 0 atom stereocenters. The first kappa shape index (κ1) is 43.2. The van der Waals surface area contributed by atoms with Crippen LogP contribution in [-0.2, 0) is 13.2 Å². The summed E-state index contributed by atoms with van der Waals surface area (Å²) in [5.74, 6) is 0.704. The van der Waals surface area contributed by atoms with E-state index in [1.165, 1.54) is 24.3 Å². The molecule has 0 saturated carbocycles. The van der Waals surface area contributed by atoms with Crippen LogP contribution in [0, 0.1) is 13.8 Å². The van der Waals surface area contributed by atoms with Crippen molar-refractivity contribution in [3.05, 3.63) is 150 Å². The molecule has 0 aliphatic carbocycles. The van der Waals surface area contributed by atoms with E-state index in [1.807, 2.05) is 0 Å². The number of aliphatic hydroxyl groups is 2. The van der Waals surface area contributed by atoms with Crippen LogP contribution < -0.4 is 29.8 Å². The van der Waals surface area contributed by atoms with E-state index >= 15 is 0 Å². The molecule has 0 spiro atoms. The number of hydrogen-bond donors (Lipinski definition) is 4. The molecule has 0 aliphatic heterocycles. The lowest BCUT2D eigenvalue weighted by atomic mass is 10.0. The van der Waals surface area contributed by atoms with Gasteiger partial charge in [-0.3, -0.25) is 9.59 Å². The number of halogens is 8. The van der Waals surface area contributed by atoms with Gasteiger partial charge in [0, 0.05) is 11.4 Å². The minimum Gasteiger partial charge on any atom is -0.457 e. The van der Waals surface area contributed by atoms with Gasteiger partial charge in [0.25, 0.3) is 0 Å². The van der Waals surface area contributed by atoms with E-state index in [9.17, 15) is 46.1 Å². The third kappa shape index (κ3) is 11.1. The average Bonchev–Trinajstić information content (AvgIpc) is 3.17. The van der Waals surface area contributed by atoms with Gasteiger partial charge in [-0.1, -0.05) is 47.5 Å². The van der Waals surface area contributed by atoms with Gasteiger partial charge in [0.1, 0.15) is 44.5 Å². The van der Waals surface area contributed by atoms with Gasteiger partial charge in [0.15, 0.2) is 0 Å². The SMILES string of the molecule is Cc1[nH]c(CO)c(-c2ccc(Oc3ccc(OC(F)(F)F)cc3)cc2)c(=O)c1Cl.Cc1[nH]c(CO)c(-c2ccc(Oc3ccc(OC(F)(F)F)cc3)cc2)c(=O)c1Cl. The van der Waals surface area contributed by atoms with Gasteiger partial charge in [-0.25, -0.2) is 0 Å². The molecule has 6 rings (SSSR count). The lowest BCUT2D eigenvalue weighted by Crippen LogP contribution is -2.16. The second-order valence-corrected chi connectivity index (χ2v) is 12.9. The van der Waals surface area contributed by atoms with Gasteiger partial charge in [-0.15, -0.1) is 26.3 Å². The van der Waals surface area contributed by atoms with E-state index < -0.39 is 23.6 Å². The van der Waals surface area contributed by atoms with Gasteiger partial charge in [-0.2, -0.15) is 0 Å². The van der Waals surface area contributed by atoms with E-state index in [0.29, 0.717) is 56.9 Å². The number of H-pyrrole nitrogens is 2. The summed E-state index contributed by atoms with van der Waals surface area (Å²) in [7, 11) is 0. The Kier molecular flexibility index (Phi) is 13.5. The number of ether oxygens (including phenoxy) is 4. The summed E-state index contributed by atoms with van der Waals surface area (Å²) in [6.45, 7) is 2.53. The highest BCUT2D eigenvalue weighted by molar-refractivity contribution is 6.31. The molecule has 0 fully saturated rings. The highest BCUT2D eigenvalue weighted by atomic mass is 35.5. The number of alkyl halides is 6. The molecule has 0 saturated heterocycles. The highest BCUT2D eigenvalue weighted by Crippen LogP contribution is 2.32. The Balaban J connectivity index is 0.000000221. The Morgan fingerprint density at radius 1 is 0.500 bits per heavy atom. The number of aromatic nitrogens is 2. The fraction of sp³-hybridized carbons (Fsp3) is 0.150. The van der Waals surface area contributed by atoms with Crippen molar-refractivity contribution in [2.45, 2.75) is 39.8 Å². The molecule has 304 valence electrons. The second-order valence-electron chi connectivity index (χ2n) is 12.1. The van der Waals surface area contributed by atoms with Crippen molar-refractivity contribution in [3.8, 4) is 56.8 Å². The van der Waals surface area contributed by atoms with Gasteiger partial charge < -0.3 is 39.1 Å². The molecule has 4 N–H and O–H groups in total. The first-order valence-electron chi connectivity index (χ1n) is 16.7. The predicted octanol–water partition coefficient (Wildman–Crippen LogP) is 10.4. The van der Waals surface area contributed by atoms with Crippen LogP contribution in [0.15, 0.2) is 107 Å². The van der Waals surface area contributed by atoms with Crippen molar-refractivity contribution >= 4 is 23.2 Å². The van der Waals surface area contributed by atoms with Crippen molar-refractivity contribution in [2.75, 3.05) is 0 Å². The molecule has 0 radical (unpaired) electrons. The summed E-state index contributed by atoms with van der Waals surface area (Å²) in [5, 5.41) is 19.2. The van der Waals surface area contributed by atoms with Crippen molar-refractivity contribution in [1.82, 2.24) is 9.97 Å². The molecular weight excluding hydrogens is 821 g/mol. The minimum atomic E-state index is -4.76. The van der Waals surface area contributed by atoms with E-state index in [1.54, 1.807) is 62.4 Å². The van der Waals surface area contributed by atoms with E-state index in [2.05, 4.69) is 19.4 Å². The van der Waals surface area contributed by atoms with Gasteiger partial charge in [0.2, 0.25) is 10.9 Å². The van der Waals surface area contributed by atoms with Crippen LogP contribution in [0.4, 0.5) is 26.3 Å². The zero-order valence-corrected chi connectivity index (χ0v) is 31.5. The van der Waals surface area contributed by atoms with Crippen molar-refractivity contribution in [1.29, 1.82) is 0 Å². The summed E-state index contributed by atoms with van der Waals surface area (Å²) in [6, 6.07) is 22.7. The molecular formula is C40H30Cl2F6N2O8. The maximum atomic E-state index is 12.5. The van der Waals surface area contributed by atoms with Gasteiger partial charge >= 0.3 is 12.7 Å². The molecule has 4 aromatic carbocycles. The molecule has 2 heterocycles. The summed E-state index contributed by atoms with van der Waals surface area (Å²) < 4.78 is 91.9. The van der Waals surface area contributed by atoms with Crippen LogP contribution in [-0.4, -0.2) is 32.9 Å². The number of aromatic amines is 2. The molecule has 0 amide bonds. The maximum absolute atomic E-state index is 12.5. The maximum Gasteiger partial charge on any atom is 0.573 e. The minimum absolute atomic E-state index is 0.0405. The molecule has 6 aromatic rings. The highest BCUT2D eigenvalue weighted by Gasteiger charge is 2.31. The number of pyridine rings is 2. The molecule has 18 heteroatoms. The third-order valence-electron chi connectivity index (χ3n) is 7.98. The molecule has 0 aliphatic rings. The second kappa shape index (κ2) is 18.1. The first-order valence-corrected chi connectivity index (χ1v) is 17.4. The smallest absolute Gasteiger partial charge is 0.457 e. The number of aryl methyl sites for hydroxylation is 2. The number of nitrogens with one attached hydrogen (secondary N) is 2. The van der Waals surface area contributed by atoms with Crippen LogP contribution in [0.3, 0.4) is 0 Å². The van der Waals surface area contributed by atoms with E-state index in [0.717, 1.165) is 24.3 Å². The molecule has 0 bridgehead atoms. The zero-order chi connectivity index (χ0) is 42.4. The molecule has 58 heavy (non-hydrogen) atoms. The van der Waals surface area contributed by atoms with Crippen LogP contribution in [0.2, 0.25) is 10.0 Å². The van der Waals surface area contributed by atoms with E-state index in [4.69, 9.17) is 32.7 Å². The van der Waals surface area contributed by atoms with Crippen molar-refractivity contribution in [2.24, 2.45) is 0 Å². The summed E-state index contributed by atoms with van der Waals surface area (Å²) in [6.07, 6.45) is -9.52. The number of benzene rings is 4. The fourth-order valence-electron chi connectivity index (χ4n) is 5.44. The zero-order valence-electron chi connectivity index (χ0n) is 30.0. The molecule has 0 unspecified atom stereocenters. The monoisotopic (exact) mass is 850 g/mol. The van der Waals surface area contributed by atoms with Crippen LogP contribution in [0.5, 0.6) is 34.5 Å². The van der Waals surface area contributed by atoms with Crippen molar-refractivity contribution in [3.63, 3.8) is 0 Å². The number of aliphatic hydroxyl groups excluding tert-OH is 2. The van der Waals surface area contributed by atoms with Crippen LogP contribution >= 0.6 is 23.2 Å². The largest absolute Gasteiger partial charge is 0.573 e. The number of rotatable bonds is 10. The normalized spacial score (nSPS) is 11.4. The van der Waals surface area contributed by atoms with Crippen LogP contribution in [0.25, 0.3) is 22.3 Å². The quantitative estimate of drug-likeness (QED) is 0.0998. The standard InChI is InChI=1S/2C20H15ClF3NO4/c2*1-11-18(21)19(27)17(16(10-26)25-11)12-2-4-13(5-3-12)28-14-6-8-15(9-7-14)29-20(22,23)24/h2*2-9,26H,10H2,1H3,(H,25,27). The van der Waals surface area contributed by atoms with Gasteiger partial charge in [0.05, 0.1) is 35.7 Å². The van der Waals surface area contributed by atoms with Gasteiger partial charge in [-0.05, 0) is 97.8 Å². The summed E-state index contributed by atoms with van der Waals surface area (Å²) >= 11 is 12.0. The fourth-order valence-corrected chi connectivity index (χ4v) is 5.72. The topological polar surface area (TPSA) is 143 Å². The Bertz CT molecular complexity index is 2300. The lowest BCUT2D eigenvalue weighted by molar-refractivity contribution is -0.275. The van der Waals surface area contributed by atoms with Crippen LogP contribution in [0.1, 0.15) is 22.8 Å². The Morgan fingerprint density at radius 3 is 1.02 bits per heavy atom. The number of hydrogen-bond acceptors (Lipinski definition) is 8. The first-order chi connectivity index (χ1) is 27.3. The summed E-state index contributed by atoms with van der Waals surface area (Å²) in [4.78, 5) is 30.8. The Morgan fingerprint density at radius 2 is 0.759 bits per heavy atom. The third-order valence-corrected chi connectivity index (χ3v) is 8.89. The predicted molar refractivity (Wildman–Crippen MR) is 203 cm³/mol. The molecule has 10 nitrogen and oxygen atoms in total. The van der Waals surface area contributed by atoms with Crippen molar-refractivity contribution < 1.29 is 55.5 Å². The molecule has 2 aromatic heterocycles. The Hall–Kier alpha value is -5.94. The Labute approximate surface area is 334 Å². The lowest BCUT2D eigenvalue weighted by Gasteiger charge is -2.12. The summed E-state index contributed by atoms with van der Waals surface area (Å²) in [5.41, 5.74) is 2.35.